The van der Waals surface area contributed by atoms with E-state index in [4.69, 9.17) is 5.11 Å². The van der Waals surface area contributed by atoms with Crippen LogP contribution < -0.4 is 10.0 Å². The van der Waals surface area contributed by atoms with Crippen molar-refractivity contribution >= 4 is 21.7 Å². The van der Waals surface area contributed by atoms with E-state index in [-0.39, 0.29) is 22.5 Å². The van der Waals surface area contributed by atoms with Crippen molar-refractivity contribution in [2.24, 2.45) is 0 Å². The van der Waals surface area contributed by atoms with Gasteiger partial charge < -0.3 is 10.4 Å². The second-order valence-electron chi connectivity index (χ2n) is 5.75. The van der Waals surface area contributed by atoms with Crippen molar-refractivity contribution in [3.8, 4) is 0 Å². The minimum Gasteiger partial charge on any atom is -0.478 e. The first kappa shape index (κ1) is 16.8. The second-order valence-corrected chi connectivity index (χ2v) is 7.43. The molecule has 22 heavy (non-hydrogen) atoms. The first-order valence-electron chi connectivity index (χ1n) is 7.49. The molecule has 0 aliphatic heterocycles. The number of anilines is 1. The average Bonchev–Trinajstić information content (AvgIpc) is 3.22. The van der Waals surface area contributed by atoms with Gasteiger partial charge in [0.1, 0.15) is 4.90 Å². The number of carbonyl (C=O) groups is 1. The van der Waals surface area contributed by atoms with Crippen LogP contribution in [0.5, 0.6) is 0 Å². The van der Waals surface area contributed by atoms with E-state index in [1.54, 1.807) is 0 Å². The number of aromatic carboxylic acids is 1. The smallest absolute Gasteiger partial charge is 0.335 e. The summed E-state index contributed by atoms with van der Waals surface area (Å²) < 4.78 is 27.5. The lowest BCUT2D eigenvalue weighted by atomic mass is 10.1. The van der Waals surface area contributed by atoms with Crippen molar-refractivity contribution in [3.63, 3.8) is 0 Å². The fourth-order valence-electron chi connectivity index (χ4n) is 2.25. The molecule has 0 unspecified atom stereocenters. The summed E-state index contributed by atoms with van der Waals surface area (Å²) >= 11 is 0. The SMILES string of the molecule is CCC[C@@H](C)Nc1ccc(C(=O)O)cc1S(=O)(=O)NC1CC1. The summed E-state index contributed by atoms with van der Waals surface area (Å²) in [6.45, 7) is 4.03. The molecule has 7 heteroatoms. The van der Waals surface area contributed by atoms with Gasteiger partial charge in [0.05, 0.1) is 11.3 Å². The maximum Gasteiger partial charge on any atom is 0.335 e. The van der Waals surface area contributed by atoms with Gasteiger partial charge in [0.25, 0.3) is 0 Å². The van der Waals surface area contributed by atoms with Crippen molar-refractivity contribution < 1.29 is 18.3 Å². The summed E-state index contributed by atoms with van der Waals surface area (Å²) in [7, 11) is -3.72. The van der Waals surface area contributed by atoms with Crippen LogP contribution in [0.4, 0.5) is 5.69 Å². The van der Waals surface area contributed by atoms with Crippen LogP contribution >= 0.6 is 0 Å². The van der Waals surface area contributed by atoms with Crippen LogP contribution in [0.15, 0.2) is 23.1 Å². The van der Waals surface area contributed by atoms with Gasteiger partial charge in [-0.05, 0) is 44.4 Å². The van der Waals surface area contributed by atoms with Crippen LogP contribution in [0.2, 0.25) is 0 Å². The van der Waals surface area contributed by atoms with Crippen molar-refractivity contribution in [2.45, 2.75) is 56.5 Å². The fraction of sp³-hybridized carbons (Fsp3) is 0.533. The molecule has 1 atom stereocenters. The fourth-order valence-corrected chi connectivity index (χ4v) is 3.75. The maximum atomic E-state index is 12.5. The van der Waals surface area contributed by atoms with E-state index >= 15 is 0 Å². The standard InChI is InChI=1S/C15H22N2O4S/c1-3-4-10(2)16-13-8-5-11(15(18)19)9-14(13)22(20,21)17-12-6-7-12/h5,8-10,12,16-17H,3-4,6-7H2,1-2H3,(H,18,19)/t10-/m1/s1. The lowest BCUT2D eigenvalue weighted by Crippen LogP contribution is -2.27. The molecule has 1 saturated carbocycles. The van der Waals surface area contributed by atoms with Gasteiger partial charge in [0, 0.05) is 12.1 Å². The van der Waals surface area contributed by atoms with E-state index in [0.717, 1.165) is 25.7 Å². The summed E-state index contributed by atoms with van der Waals surface area (Å²) in [6, 6.07) is 4.24. The van der Waals surface area contributed by atoms with Gasteiger partial charge >= 0.3 is 5.97 Å². The monoisotopic (exact) mass is 326 g/mol. The Morgan fingerprint density at radius 2 is 2.09 bits per heavy atom. The molecular formula is C15H22N2O4S. The van der Waals surface area contributed by atoms with Crippen LogP contribution in [-0.4, -0.2) is 31.6 Å². The third kappa shape index (κ3) is 4.20. The van der Waals surface area contributed by atoms with Crippen molar-refractivity contribution in [2.75, 3.05) is 5.32 Å². The van der Waals surface area contributed by atoms with Crippen LogP contribution in [0, 0.1) is 0 Å². The highest BCUT2D eigenvalue weighted by molar-refractivity contribution is 7.89. The summed E-state index contributed by atoms with van der Waals surface area (Å²) in [5, 5.41) is 12.3. The van der Waals surface area contributed by atoms with Crippen LogP contribution in [0.3, 0.4) is 0 Å². The highest BCUT2D eigenvalue weighted by Gasteiger charge is 2.30. The largest absolute Gasteiger partial charge is 0.478 e. The Bertz CT molecular complexity index is 654. The summed E-state index contributed by atoms with van der Waals surface area (Å²) in [6.07, 6.45) is 3.53. The third-order valence-electron chi connectivity index (χ3n) is 3.54. The van der Waals surface area contributed by atoms with E-state index in [1.165, 1.54) is 18.2 Å². The van der Waals surface area contributed by atoms with Crippen LogP contribution in [0.25, 0.3) is 0 Å². The zero-order valence-electron chi connectivity index (χ0n) is 12.8. The highest BCUT2D eigenvalue weighted by atomic mass is 32.2. The minimum absolute atomic E-state index is 0.00209. The Kier molecular flexibility index (Phi) is 5.08. The Balaban J connectivity index is 2.37. The van der Waals surface area contributed by atoms with Gasteiger partial charge in [-0.2, -0.15) is 0 Å². The molecule has 0 radical (unpaired) electrons. The quantitative estimate of drug-likeness (QED) is 0.682. The van der Waals surface area contributed by atoms with Crippen molar-refractivity contribution in [1.29, 1.82) is 0 Å². The predicted octanol–water partition coefficient (Wildman–Crippen LogP) is 2.43. The lowest BCUT2D eigenvalue weighted by Gasteiger charge is -2.18. The normalized spacial score (nSPS) is 16.3. The van der Waals surface area contributed by atoms with E-state index in [1.807, 2.05) is 6.92 Å². The van der Waals surface area contributed by atoms with Gasteiger partial charge in [-0.1, -0.05) is 13.3 Å². The molecule has 0 bridgehead atoms. The number of rotatable bonds is 8. The molecule has 1 aromatic rings. The third-order valence-corrected chi connectivity index (χ3v) is 5.10. The van der Waals surface area contributed by atoms with Gasteiger partial charge in [0.15, 0.2) is 0 Å². The highest BCUT2D eigenvalue weighted by Crippen LogP contribution is 2.28. The number of hydrogen-bond donors (Lipinski definition) is 3. The summed E-state index contributed by atoms with van der Waals surface area (Å²) in [5.74, 6) is -1.14. The molecule has 3 N–H and O–H groups in total. The number of hydrogen-bond acceptors (Lipinski definition) is 4. The molecule has 0 amide bonds. The Hall–Kier alpha value is -1.60. The van der Waals surface area contributed by atoms with Crippen LogP contribution in [-0.2, 0) is 10.0 Å². The minimum atomic E-state index is -3.72. The number of carboxylic acids is 1. The van der Waals surface area contributed by atoms with Gasteiger partial charge in [-0.3, -0.25) is 0 Å². The number of nitrogens with one attached hydrogen (secondary N) is 2. The first-order chi connectivity index (χ1) is 10.3. The maximum absolute atomic E-state index is 12.5. The Labute approximate surface area is 131 Å². The molecule has 0 spiro atoms. The molecular weight excluding hydrogens is 304 g/mol. The van der Waals surface area contributed by atoms with E-state index < -0.39 is 16.0 Å². The number of carboxylic acid groups (broad SMARTS) is 1. The molecule has 6 nitrogen and oxygen atoms in total. The van der Waals surface area contributed by atoms with Gasteiger partial charge in [-0.15, -0.1) is 0 Å². The number of benzene rings is 1. The number of sulfonamides is 1. The zero-order valence-corrected chi connectivity index (χ0v) is 13.6. The molecule has 0 saturated heterocycles. The van der Waals surface area contributed by atoms with E-state index in [0.29, 0.717) is 5.69 Å². The molecule has 0 aromatic heterocycles. The molecule has 1 aliphatic rings. The van der Waals surface area contributed by atoms with Gasteiger partial charge in [-0.25, -0.2) is 17.9 Å². The van der Waals surface area contributed by atoms with E-state index in [9.17, 15) is 13.2 Å². The zero-order chi connectivity index (χ0) is 16.3. The Morgan fingerprint density at radius 1 is 1.41 bits per heavy atom. The van der Waals surface area contributed by atoms with E-state index in [2.05, 4.69) is 17.0 Å². The van der Waals surface area contributed by atoms with Crippen molar-refractivity contribution in [1.82, 2.24) is 4.72 Å². The molecule has 1 fully saturated rings. The molecule has 122 valence electrons. The summed E-state index contributed by atoms with van der Waals surface area (Å²) in [5.41, 5.74) is 0.406. The average molecular weight is 326 g/mol. The first-order valence-corrected chi connectivity index (χ1v) is 8.98. The lowest BCUT2D eigenvalue weighted by molar-refractivity contribution is 0.0696. The van der Waals surface area contributed by atoms with Crippen LogP contribution in [0.1, 0.15) is 49.9 Å². The molecule has 1 aliphatic carbocycles. The van der Waals surface area contributed by atoms with Gasteiger partial charge in [0.2, 0.25) is 10.0 Å². The molecule has 1 aromatic carbocycles. The molecule has 2 rings (SSSR count). The Morgan fingerprint density at radius 3 is 2.64 bits per heavy atom. The second kappa shape index (κ2) is 6.66. The topological polar surface area (TPSA) is 95.5 Å². The van der Waals surface area contributed by atoms with Crippen molar-refractivity contribution in [3.05, 3.63) is 23.8 Å². The summed E-state index contributed by atoms with van der Waals surface area (Å²) in [4.78, 5) is 11.1. The predicted molar refractivity (Wildman–Crippen MR) is 84.7 cm³/mol. The molecule has 0 heterocycles.